The SMILES string of the molecule is COC(=O)C1CCC(=O)N1C(C)c1ccccc1C. The Balaban J connectivity index is 2.30. The third-order valence-electron chi connectivity index (χ3n) is 3.78. The molecule has 1 aliphatic heterocycles. The summed E-state index contributed by atoms with van der Waals surface area (Å²) in [4.78, 5) is 25.5. The molecular weight excluding hydrogens is 242 g/mol. The highest BCUT2D eigenvalue weighted by Gasteiger charge is 2.40. The van der Waals surface area contributed by atoms with Crippen LogP contribution in [-0.4, -0.2) is 29.9 Å². The van der Waals surface area contributed by atoms with Gasteiger partial charge in [0, 0.05) is 6.42 Å². The van der Waals surface area contributed by atoms with Crippen LogP contribution in [0.3, 0.4) is 0 Å². The number of likely N-dealkylation sites (tertiary alicyclic amines) is 1. The molecule has 102 valence electrons. The van der Waals surface area contributed by atoms with Gasteiger partial charge in [0.1, 0.15) is 6.04 Å². The lowest BCUT2D eigenvalue weighted by Gasteiger charge is -2.30. The van der Waals surface area contributed by atoms with E-state index in [0.29, 0.717) is 12.8 Å². The highest BCUT2D eigenvalue weighted by molar-refractivity contribution is 5.88. The van der Waals surface area contributed by atoms with E-state index in [1.807, 2.05) is 38.1 Å². The largest absolute Gasteiger partial charge is 0.467 e. The van der Waals surface area contributed by atoms with Crippen molar-refractivity contribution >= 4 is 11.9 Å². The number of carbonyl (C=O) groups excluding carboxylic acids is 2. The van der Waals surface area contributed by atoms with Crippen molar-refractivity contribution in [2.24, 2.45) is 0 Å². The first-order valence-corrected chi connectivity index (χ1v) is 6.50. The number of methoxy groups -OCH3 is 1. The van der Waals surface area contributed by atoms with Crippen LogP contribution < -0.4 is 0 Å². The van der Waals surface area contributed by atoms with E-state index in [1.165, 1.54) is 7.11 Å². The molecule has 0 spiro atoms. The van der Waals surface area contributed by atoms with Gasteiger partial charge in [0.2, 0.25) is 5.91 Å². The van der Waals surface area contributed by atoms with Crippen molar-refractivity contribution in [2.75, 3.05) is 7.11 Å². The summed E-state index contributed by atoms with van der Waals surface area (Å²) in [5.74, 6) is -0.308. The molecule has 1 aromatic rings. The van der Waals surface area contributed by atoms with Crippen molar-refractivity contribution in [3.63, 3.8) is 0 Å². The number of benzene rings is 1. The van der Waals surface area contributed by atoms with Crippen molar-refractivity contribution < 1.29 is 14.3 Å². The molecule has 2 unspecified atom stereocenters. The molecule has 0 aliphatic carbocycles. The van der Waals surface area contributed by atoms with Crippen LogP contribution in [0.2, 0.25) is 0 Å². The summed E-state index contributed by atoms with van der Waals surface area (Å²) in [7, 11) is 1.36. The van der Waals surface area contributed by atoms with Crippen LogP contribution in [0.25, 0.3) is 0 Å². The summed E-state index contributed by atoms with van der Waals surface area (Å²) in [5.41, 5.74) is 2.20. The predicted octanol–water partition coefficient (Wildman–Crippen LogP) is 2.22. The van der Waals surface area contributed by atoms with Gasteiger partial charge in [0.25, 0.3) is 0 Å². The van der Waals surface area contributed by atoms with Gasteiger partial charge >= 0.3 is 5.97 Å². The maximum Gasteiger partial charge on any atom is 0.328 e. The molecule has 0 bridgehead atoms. The smallest absolute Gasteiger partial charge is 0.328 e. The Hall–Kier alpha value is -1.84. The lowest BCUT2D eigenvalue weighted by molar-refractivity contribution is -0.150. The van der Waals surface area contributed by atoms with Gasteiger partial charge in [-0.15, -0.1) is 0 Å². The molecule has 4 nitrogen and oxygen atoms in total. The summed E-state index contributed by atoms with van der Waals surface area (Å²) in [6, 6.07) is 7.37. The highest BCUT2D eigenvalue weighted by Crippen LogP contribution is 2.32. The summed E-state index contributed by atoms with van der Waals surface area (Å²) < 4.78 is 4.80. The zero-order valence-electron chi connectivity index (χ0n) is 11.6. The lowest BCUT2D eigenvalue weighted by Crippen LogP contribution is -2.41. The average molecular weight is 261 g/mol. The Morgan fingerprint density at radius 1 is 1.42 bits per heavy atom. The first-order chi connectivity index (χ1) is 9.06. The van der Waals surface area contributed by atoms with Gasteiger partial charge in [0.05, 0.1) is 13.2 Å². The second-order valence-electron chi connectivity index (χ2n) is 4.91. The van der Waals surface area contributed by atoms with Crippen molar-refractivity contribution in [1.29, 1.82) is 0 Å². The molecule has 1 aliphatic rings. The number of ether oxygens (including phenoxy) is 1. The number of amides is 1. The molecule has 0 saturated carbocycles. The molecule has 0 aromatic heterocycles. The number of hydrogen-bond acceptors (Lipinski definition) is 3. The van der Waals surface area contributed by atoms with Gasteiger partial charge < -0.3 is 9.64 Å². The average Bonchev–Trinajstić information content (AvgIpc) is 2.79. The van der Waals surface area contributed by atoms with Crippen molar-refractivity contribution in [1.82, 2.24) is 4.90 Å². The maximum atomic E-state index is 12.0. The molecule has 2 rings (SSSR count). The minimum Gasteiger partial charge on any atom is -0.467 e. The fourth-order valence-corrected chi connectivity index (χ4v) is 2.76. The minimum atomic E-state index is -0.452. The summed E-state index contributed by atoms with van der Waals surface area (Å²) in [6.45, 7) is 3.97. The molecule has 1 aromatic carbocycles. The van der Waals surface area contributed by atoms with E-state index < -0.39 is 6.04 Å². The first kappa shape index (κ1) is 13.6. The maximum absolute atomic E-state index is 12.0. The number of hydrogen-bond donors (Lipinski definition) is 0. The standard InChI is InChI=1S/C15H19NO3/c1-10-6-4-5-7-12(10)11(2)16-13(15(18)19-3)8-9-14(16)17/h4-7,11,13H,8-9H2,1-3H3. The number of nitrogens with zero attached hydrogens (tertiary/aromatic N) is 1. The third kappa shape index (κ3) is 2.48. The topological polar surface area (TPSA) is 46.6 Å². The molecule has 1 heterocycles. The van der Waals surface area contributed by atoms with Crippen molar-refractivity contribution in [3.8, 4) is 0 Å². The van der Waals surface area contributed by atoms with Crippen LogP contribution in [0.5, 0.6) is 0 Å². The Bertz CT molecular complexity index is 498. The van der Waals surface area contributed by atoms with E-state index in [0.717, 1.165) is 11.1 Å². The van der Waals surface area contributed by atoms with Crippen LogP contribution in [0.1, 0.15) is 36.9 Å². The summed E-state index contributed by atoms with van der Waals surface area (Å²) >= 11 is 0. The Morgan fingerprint density at radius 3 is 2.74 bits per heavy atom. The van der Waals surface area contributed by atoms with E-state index >= 15 is 0 Å². The van der Waals surface area contributed by atoms with E-state index in [1.54, 1.807) is 4.90 Å². The normalized spacial score (nSPS) is 20.5. The predicted molar refractivity (Wildman–Crippen MR) is 71.5 cm³/mol. The van der Waals surface area contributed by atoms with Gasteiger partial charge in [-0.2, -0.15) is 0 Å². The summed E-state index contributed by atoms with van der Waals surface area (Å²) in [6.07, 6.45) is 0.956. The molecule has 0 radical (unpaired) electrons. The number of aryl methyl sites for hydroxylation is 1. The van der Waals surface area contributed by atoms with Crippen LogP contribution in [-0.2, 0) is 14.3 Å². The molecular formula is C15H19NO3. The first-order valence-electron chi connectivity index (χ1n) is 6.50. The van der Waals surface area contributed by atoms with E-state index in [4.69, 9.17) is 4.74 Å². The number of carbonyl (C=O) groups is 2. The Morgan fingerprint density at radius 2 is 2.11 bits per heavy atom. The zero-order chi connectivity index (χ0) is 14.0. The molecule has 1 amide bonds. The minimum absolute atomic E-state index is 0.0196. The van der Waals surface area contributed by atoms with E-state index in [9.17, 15) is 9.59 Å². The number of esters is 1. The van der Waals surface area contributed by atoms with Crippen molar-refractivity contribution in [2.45, 2.75) is 38.8 Å². The van der Waals surface area contributed by atoms with Gasteiger partial charge in [-0.25, -0.2) is 4.79 Å². The van der Waals surface area contributed by atoms with Crippen LogP contribution in [0.15, 0.2) is 24.3 Å². The van der Waals surface area contributed by atoms with Gasteiger partial charge in [-0.1, -0.05) is 24.3 Å². The summed E-state index contributed by atoms with van der Waals surface area (Å²) in [5, 5.41) is 0. The molecule has 1 saturated heterocycles. The van der Waals surface area contributed by atoms with Gasteiger partial charge in [0.15, 0.2) is 0 Å². The Kier molecular flexibility index (Phi) is 3.88. The Labute approximate surface area is 113 Å². The lowest BCUT2D eigenvalue weighted by atomic mass is 10.0. The van der Waals surface area contributed by atoms with Gasteiger partial charge in [-0.05, 0) is 31.4 Å². The van der Waals surface area contributed by atoms with E-state index in [-0.39, 0.29) is 17.9 Å². The molecule has 0 N–H and O–H groups in total. The zero-order valence-corrected chi connectivity index (χ0v) is 11.6. The quantitative estimate of drug-likeness (QED) is 0.784. The fraction of sp³-hybridized carbons (Fsp3) is 0.467. The second-order valence-corrected chi connectivity index (χ2v) is 4.91. The number of rotatable bonds is 3. The van der Waals surface area contributed by atoms with Crippen LogP contribution in [0, 0.1) is 6.92 Å². The second kappa shape index (κ2) is 5.43. The van der Waals surface area contributed by atoms with Gasteiger partial charge in [-0.3, -0.25) is 4.79 Å². The fourth-order valence-electron chi connectivity index (χ4n) is 2.76. The van der Waals surface area contributed by atoms with Crippen LogP contribution in [0.4, 0.5) is 0 Å². The molecule has 19 heavy (non-hydrogen) atoms. The molecule has 4 heteroatoms. The third-order valence-corrected chi connectivity index (χ3v) is 3.78. The monoisotopic (exact) mass is 261 g/mol. The van der Waals surface area contributed by atoms with E-state index in [2.05, 4.69) is 0 Å². The van der Waals surface area contributed by atoms with Crippen molar-refractivity contribution in [3.05, 3.63) is 35.4 Å². The molecule has 2 atom stereocenters. The molecule has 1 fully saturated rings. The highest BCUT2D eigenvalue weighted by atomic mass is 16.5. The van der Waals surface area contributed by atoms with Crippen LogP contribution >= 0.6 is 0 Å².